The van der Waals surface area contributed by atoms with Gasteiger partial charge in [-0.1, -0.05) is 165 Å². The van der Waals surface area contributed by atoms with Crippen LogP contribution in [0.15, 0.2) is 164 Å². The van der Waals surface area contributed by atoms with E-state index in [0.717, 1.165) is 70.5 Å². The van der Waals surface area contributed by atoms with Gasteiger partial charge in [0.15, 0.2) is 5.82 Å². The first-order valence-electron chi connectivity index (χ1n) is 17.4. The average molecular weight is 651 g/mol. The predicted molar refractivity (Wildman–Crippen MR) is 201 cm³/mol. The fourth-order valence-corrected chi connectivity index (χ4v) is 7.22. The Morgan fingerprint density at radius 1 is 0.580 bits per heavy atom. The van der Waals surface area contributed by atoms with Crippen molar-refractivity contribution in [3.63, 3.8) is 0 Å². The molecule has 0 fully saturated rings. The molecule has 6 heteroatoms. The molecule has 0 N–H and O–H groups in total. The summed E-state index contributed by atoms with van der Waals surface area (Å²) in [4.78, 5) is 4.99. The highest BCUT2D eigenvalue weighted by atomic mass is 15.6. The maximum absolute atomic E-state index is 4.99. The Hall–Kier alpha value is -6.14. The lowest BCUT2D eigenvalue weighted by atomic mass is 9.77. The molecule has 0 atom stereocenters. The molecule has 244 valence electrons. The Balaban J connectivity index is 1.23. The SMILES string of the molecule is CCCCc1nc2ccccc2n1Cc1ccc(-c2ccccc2-c2nnnn2C(c2ccccc2)(c2ccccc2)c2ccccc2)cc1. The Bertz CT molecular complexity index is 2230. The second-order valence-corrected chi connectivity index (χ2v) is 12.7. The number of fused-ring (bicyclic) bond motifs is 1. The number of para-hydroxylation sites is 2. The first-order chi connectivity index (χ1) is 24.8. The van der Waals surface area contributed by atoms with Gasteiger partial charge in [-0.05, 0) is 62.4 Å². The minimum absolute atomic E-state index is 0.687. The van der Waals surface area contributed by atoms with Gasteiger partial charge in [-0.2, -0.15) is 0 Å². The highest BCUT2D eigenvalue weighted by Crippen LogP contribution is 2.43. The summed E-state index contributed by atoms with van der Waals surface area (Å²) in [7, 11) is 0. The lowest BCUT2D eigenvalue weighted by Crippen LogP contribution is -2.39. The minimum atomic E-state index is -0.831. The van der Waals surface area contributed by atoms with Crippen molar-refractivity contribution < 1.29 is 0 Å². The number of aromatic nitrogens is 6. The second-order valence-electron chi connectivity index (χ2n) is 12.7. The van der Waals surface area contributed by atoms with E-state index in [4.69, 9.17) is 15.3 Å². The van der Waals surface area contributed by atoms with Crippen molar-refractivity contribution in [1.82, 2.24) is 29.8 Å². The van der Waals surface area contributed by atoms with Crippen molar-refractivity contribution in [1.29, 1.82) is 0 Å². The predicted octanol–water partition coefficient (Wildman–Crippen LogP) is 9.59. The summed E-state index contributed by atoms with van der Waals surface area (Å²) in [5.41, 5.74) is 8.96. The lowest BCUT2D eigenvalue weighted by molar-refractivity contribution is 0.451. The molecule has 0 bridgehead atoms. The van der Waals surface area contributed by atoms with Crippen LogP contribution in [0.4, 0.5) is 0 Å². The fraction of sp³-hybridized carbons (Fsp3) is 0.136. The molecule has 8 rings (SSSR count). The van der Waals surface area contributed by atoms with Crippen LogP contribution >= 0.6 is 0 Å². The molecule has 0 unspecified atom stereocenters. The van der Waals surface area contributed by atoms with Crippen LogP contribution in [0, 0.1) is 0 Å². The van der Waals surface area contributed by atoms with Crippen molar-refractivity contribution in [3.05, 3.63) is 192 Å². The van der Waals surface area contributed by atoms with Crippen LogP contribution in [0.2, 0.25) is 0 Å². The zero-order valence-corrected chi connectivity index (χ0v) is 28.1. The summed E-state index contributed by atoms with van der Waals surface area (Å²) in [6.07, 6.45) is 3.24. The summed E-state index contributed by atoms with van der Waals surface area (Å²) >= 11 is 0. The van der Waals surface area contributed by atoms with Gasteiger partial charge in [0.05, 0.1) is 11.0 Å². The van der Waals surface area contributed by atoms with Crippen molar-refractivity contribution in [3.8, 4) is 22.5 Å². The monoisotopic (exact) mass is 650 g/mol. The Morgan fingerprint density at radius 3 is 1.76 bits per heavy atom. The number of rotatable bonds is 11. The van der Waals surface area contributed by atoms with Gasteiger partial charge in [0, 0.05) is 18.5 Å². The van der Waals surface area contributed by atoms with Gasteiger partial charge in [0.2, 0.25) is 0 Å². The van der Waals surface area contributed by atoms with Gasteiger partial charge >= 0.3 is 0 Å². The van der Waals surface area contributed by atoms with Crippen molar-refractivity contribution in [2.75, 3.05) is 0 Å². The van der Waals surface area contributed by atoms with E-state index in [2.05, 4.69) is 162 Å². The summed E-state index contributed by atoms with van der Waals surface area (Å²) in [5, 5.41) is 13.9. The summed E-state index contributed by atoms with van der Waals surface area (Å²) < 4.78 is 4.38. The zero-order chi connectivity index (χ0) is 33.8. The molecule has 2 aromatic heterocycles. The standard InChI is InChI=1S/C44H38N6/c1-2-3-27-42-45-40-25-15-16-26-41(40)49(42)32-33-28-30-34(31-29-33)38-23-13-14-24-39(38)43-46-47-48-50(43)44(35-17-7-4-8-18-35,36-19-9-5-10-20-36)37-21-11-6-12-22-37/h4-26,28-31H,2-3,27,32H2,1H3. The molecule has 6 nitrogen and oxygen atoms in total. The molecular formula is C44H38N6. The lowest BCUT2D eigenvalue weighted by Gasteiger charge is -2.36. The summed E-state index contributed by atoms with van der Waals surface area (Å²) in [5.74, 6) is 1.83. The molecule has 0 spiro atoms. The Labute approximate surface area is 292 Å². The number of nitrogens with zero attached hydrogens (tertiary/aromatic N) is 6. The number of aryl methyl sites for hydroxylation is 1. The molecular weight excluding hydrogens is 613 g/mol. The number of hydrogen-bond acceptors (Lipinski definition) is 4. The zero-order valence-electron chi connectivity index (χ0n) is 28.1. The van der Waals surface area contributed by atoms with Crippen LogP contribution < -0.4 is 0 Å². The van der Waals surface area contributed by atoms with Crippen molar-refractivity contribution >= 4 is 11.0 Å². The quantitative estimate of drug-likeness (QED) is 0.131. The molecule has 0 saturated carbocycles. The molecule has 0 aliphatic heterocycles. The third-order valence-corrected chi connectivity index (χ3v) is 9.62. The summed E-state index contributed by atoms with van der Waals surface area (Å²) in [6, 6.07) is 57.3. The van der Waals surface area contributed by atoms with Gasteiger partial charge in [-0.15, -0.1) is 5.10 Å². The van der Waals surface area contributed by atoms with E-state index in [1.54, 1.807) is 0 Å². The first kappa shape index (κ1) is 31.1. The van der Waals surface area contributed by atoms with Gasteiger partial charge in [0.25, 0.3) is 0 Å². The number of hydrogen-bond donors (Lipinski definition) is 0. The Kier molecular flexibility index (Phi) is 8.58. The molecule has 0 aliphatic rings. The fourth-order valence-electron chi connectivity index (χ4n) is 7.22. The van der Waals surface area contributed by atoms with E-state index < -0.39 is 5.54 Å². The minimum Gasteiger partial charge on any atom is -0.323 e. The second kappa shape index (κ2) is 13.8. The van der Waals surface area contributed by atoms with Crippen LogP contribution in [0.5, 0.6) is 0 Å². The largest absolute Gasteiger partial charge is 0.323 e. The van der Waals surface area contributed by atoms with Crippen molar-refractivity contribution in [2.45, 2.75) is 38.3 Å². The van der Waals surface area contributed by atoms with Crippen LogP contribution in [-0.2, 0) is 18.5 Å². The molecule has 0 amide bonds. The molecule has 0 saturated heterocycles. The van der Waals surface area contributed by atoms with Crippen LogP contribution in [0.25, 0.3) is 33.5 Å². The topological polar surface area (TPSA) is 61.4 Å². The van der Waals surface area contributed by atoms with E-state index in [-0.39, 0.29) is 0 Å². The molecule has 50 heavy (non-hydrogen) atoms. The summed E-state index contributed by atoms with van der Waals surface area (Å²) in [6.45, 7) is 3.00. The van der Waals surface area contributed by atoms with E-state index in [0.29, 0.717) is 5.82 Å². The Morgan fingerprint density at radius 2 is 1.14 bits per heavy atom. The van der Waals surface area contributed by atoms with Gasteiger partial charge in [-0.3, -0.25) is 0 Å². The maximum Gasteiger partial charge on any atom is 0.184 e. The molecule has 0 aliphatic carbocycles. The average Bonchev–Trinajstić information content (AvgIpc) is 3.81. The number of imidazole rings is 1. The normalized spacial score (nSPS) is 11.6. The number of unbranched alkanes of at least 4 members (excludes halogenated alkanes) is 1. The third kappa shape index (κ3) is 5.59. The maximum atomic E-state index is 4.99. The third-order valence-electron chi connectivity index (χ3n) is 9.62. The van der Waals surface area contributed by atoms with Gasteiger partial charge in [0.1, 0.15) is 11.4 Å². The van der Waals surface area contributed by atoms with Gasteiger partial charge < -0.3 is 4.57 Å². The number of benzene rings is 6. The van der Waals surface area contributed by atoms with E-state index >= 15 is 0 Å². The highest BCUT2D eigenvalue weighted by molar-refractivity contribution is 5.81. The molecule has 8 aromatic rings. The molecule has 2 heterocycles. The van der Waals surface area contributed by atoms with Crippen molar-refractivity contribution in [2.24, 2.45) is 0 Å². The highest BCUT2D eigenvalue weighted by Gasteiger charge is 2.42. The van der Waals surface area contributed by atoms with E-state index in [9.17, 15) is 0 Å². The van der Waals surface area contributed by atoms with Crippen LogP contribution in [-0.4, -0.2) is 29.8 Å². The van der Waals surface area contributed by atoms with E-state index in [1.165, 1.54) is 11.1 Å². The molecule has 0 radical (unpaired) electrons. The van der Waals surface area contributed by atoms with Crippen LogP contribution in [0.1, 0.15) is 47.8 Å². The molecule has 6 aromatic carbocycles. The first-order valence-corrected chi connectivity index (χ1v) is 17.4. The van der Waals surface area contributed by atoms with Crippen LogP contribution in [0.3, 0.4) is 0 Å². The smallest absolute Gasteiger partial charge is 0.184 e. The van der Waals surface area contributed by atoms with E-state index in [1.807, 2.05) is 22.9 Å². The number of tetrazole rings is 1. The van der Waals surface area contributed by atoms with Gasteiger partial charge in [-0.25, -0.2) is 9.67 Å².